The van der Waals surface area contributed by atoms with Crippen LogP contribution in [0.5, 0.6) is 0 Å². The van der Waals surface area contributed by atoms with Crippen molar-refractivity contribution >= 4 is 28.3 Å². The van der Waals surface area contributed by atoms with Gasteiger partial charge < -0.3 is 5.32 Å². The minimum absolute atomic E-state index is 0.0434. The molecule has 56 valence electrons. The molecule has 0 radical (unpaired) electrons. The van der Waals surface area contributed by atoms with Gasteiger partial charge in [0.15, 0.2) is 0 Å². The topological polar surface area (TPSA) is 12.0 Å². The predicted octanol–water partition coefficient (Wildman–Crippen LogP) is 2.29. The smallest absolute Gasteiger partial charge is 0.139 e. The molecule has 1 heterocycles. The Hall–Kier alpha value is -0.0200. The van der Waals surface area contributed by atoms with E-state index in [9.17, 15) is 0 Å². The van der Waals surface area contributed by atoms with E-state index in [1.807, 2.05) is 0 Å². The van der Waals surface area contributed by atoms with Crippen LogP contribution in [0.4, 0.5) is 0 Å². The third kappa shape index (κ3) is 1.20. The second kappa shape index (κ2) is 2.55. The van der Waals surface area contributed by atoms with E-state index in [0.29, 0.717) is 0 Å². The van der Waals surface area contributed by atoms with Crippen molar-refractivity contribution in [2.24, 2.45) is 0 Å². The Balaban J connectivity index is 2.80. The van der Waals surface area contributed by atoms with E-state index in [1.165, 1.54) is 0 Å². The van der Waals surface area contributed by atoms with Crippen molar-refractivity contribution in [1.29, 1.82) is 0 Å². The van der Waals surface area contributed by atoms with E-state index in [-0.39, 0.29) is 5.54 Å². The SMILES string of the molecule is C=C1SC(=S)NC1(C)CC. The fourth-order valence-electron chi connectivity index (χ4n) is 0.831. The van der Waals surface area contributed by atoms with Gasteiger partial charge in [0.1, 0.15) is 4.32 Å². The van der Waals surface area contributed by atoms with Crippen molar-refractivity contribution in [2.45, 2.75) is 25.8 Å². The summed E-state index contributed by atoms with van der Waals surface area (Å²) in [5.74, 6) is 0. The lowest BCUT2D eigenvalue weighted by atomic mass is 10.00. The molecule has 1 aliphatic rings. The van der Waals surface area contributed by atoms with Crippen LogP contribution < -0.4 is 5.32 Å². The van der Waals surface area contributed by atoms with Crippen LogP contribution in [0.15, 0.2) is 11.5 Å². The van der Waals surface area contributed by atoms with Gasteiger partial charge in [0.2, 0.25) is 0 Å². The molecule has 1 nitrogen and oxygen atoms in total. The lowest BCUT2D eigenvalue weighted by molar-refractivity contribution is 0.509. The van der Waals surface area contributed by atoms with Gasteiger partial charge >= 0.3 is 0 Å². The molecule has 1 unspecified atom stereocenters. The lowest BCUT2D eigenvalue weighted by Crippen LogP contribution is -2.37. The van der Waals surface area contributed by atoms with Crippen molar-refractivity contribution in [3.63, 3.8) is 0 Å². The minimum Gasteiger partial charge on any atom is -0.361 e. The number of rotatable bonds is 1. The van der Waals surface area contributed by atoms with Crippen LogP contribution >= 0.6 is 24.0 Å². The zero-order chi connectivity index (χ0) is 7.78. The Morgan fingerprint density at radius 3 is 2.60 bits per heavy atom. The van der Waals surface area contributed by atoms with E-state index in [4.69, 9.17) is 12.2 Å². The molecule has 0 aromatic rings. The number of hydrogen-bond donors (Lipinski definition) is 1. The number of nitrogens with one attached hydrogen (secondary N) is 1. The molecular weight excluding hydrogens is 162 g/mol. The van der Waals surface area contributed by atoms with Crippen LogP contribution in [0.2, 0.25) is 0 Å². The maximum atomic E-state index is 5.00. The molecule has 1 rings (SSSR count). The molecular formula is C7H11NS2. The quantitative estimate of drug-likeness (QED) is 0.611. The Labute approximate surface area is 71.3 Å². The molecule has 1 fully saturated rings. The minimum atomic E-state index is 0.0434. The third-order valence-electron chi connectivity index (χ3n) is 1.92. The largest absolute Gasteiger partial charge is 0.361 e. The summed E-state index contributed by atoms with van der Waals surface area (Å²) in [7, 11) is 0. The molecule has 0 bridgehead atoms. The van der Waals surface area contributed by atoms with Crippen LogP contribution in [0.25, 0.3) is 0 Å². The average Bonchev–Trinajstić information content (AvgIpc) is 2.09. The normalized spacial score (nSPS) is 32.6. The van der Waals surface area contributed by atoms with Crippen molar-refractivity contribution in [3.8, 4) is 0 Å². The Morgan fingerprint density at radius 2 is 2.40 bits per heavy atom. The van der Waals surface area contributed by atoms with Gasteiger partial charge in [0.25, 0.3) is 0 Å². The second-order valence-electron chi connectivity index (χ2n) is 2.62. The molecule has 0 amide bonds. The zero-order valence-corrected chi connectivity index (χ0v) is 7.86. The van der Waals surface area contributed by atoms with Crippen molar-refractivity contribution < 1.29 is 0 Å². The predicted molar refractivity (Wildman–Crippen MR) is 51.2 cm³/mol. The Bertz CT molecular complexity index is 188. The van der Waals surface area contributed by atoms with E-state index in [0.717, 1.165) is 15.6 Å². The van der Waals surface area contributed by atoms with Gasteiger partial charge in [-0.2, -0.15) is 0 Å². The highest BCUT2D eigenvalue weighted by atomic mass is 32.2. The fourth-order valence-corrected chi connectivity index (χ4v) is 2.28. The summed E-state index contributed by atoms with van der Waals surface area (Å²) in [6.07, 6.45) is 1.04. The monoisotopic (exact) mass is 173 g/mol. The van der Waals surface area contributed by atoms with E-state index >= 15 is 0 Å². The number of hydrogen-bond acceptors (Lipinski definition) is 2. The van der Waals surface area contributed by atoms with Crippen molar-refractivity contribution in [3.05, 3.63) is 11.5 Å². The van der Waals surface area contributed by atoms with Gasteiger partial charge in [0.05, 0.1) is 5.54 Å². The zero-order valence-electron chi connectivity index (χ0n) is 6.23. The van der Waals surface area contributed by atoms with Crippen LogP contribution in [0.1, 0.15) is 20.3 Å². The summed E-state index contributed by atoms with van der Waals surface area (Å²) in [6.45, 7) is 8.20. The first-order valence-corrected chi connectivity index (χ1v) is 4.50. The Kier molecular flexibility index (Phi) is 2.06. The molecule has 1 atom stereocenters. The second-order valence-corrected chi connectivity index (χ2v) is 4.40. The maximum absolute atomic E-state index is 5.00. The van der Waals surface area contributed by atoms with Gasteiger partial charge in [-0.15, -0.1) is 0 Å². The summed E-state index contributed by atoms with van der Waals surface area (Å²) < 4.78 is 0.856. The molecule has 3 heteroatoms. The van der Waals surface area contributed by atoms with Crippen LogP contribution in [-0.2, 0) is 0 Å². The standard InChI is InChI=1S/C7H11NS2/c1-4-7(3)5(2)10-6(9)8-7/h2,4H2,1,3H3,(H,8,9). The highest BCUT2D eigenvalue weighted by Gasteiger charge is 2.33. The van der Waals surface area contributed by atoms with E-state index < -0.39 is 0 Å². The average molecular weight is 173 g/mol. The van der Waals surface area contributed by atoms with Crippen LogP contribution in [0, 0.1) is 0 Å². The van der Waals surface area contributed by atoms with Gasteiger partial charge in [0, 0.05) is 4.91 Å². The first-order chi connectivity index (χ1) is 4.58. The molecule has 0 aromatic carbocycles. The molecule has 1 aliphatic heterocycles. The molecule has 0 saturated carbocycles. The number of thiocarbonyl (C=S) groups is 1. The fraction of sp³-hybridized carbons (Fsp3) is 0.571. The first kappa shape index (κ1) is 8.08. The Morgan fingerprint density at radius 1 is 1.80 bits per heavy atom. The van der Waals surface area contributed by atoms with Crippen molar-refractivity contribution in [1.82, 2.24) is 5.32 Å². The summed E-state index contributed by atoms with van der Waals surface area (Å²) in [6, 6.07) is 0. The molecule has 1 saturated heterocycles. The summed E-state index contributed by atoms with van der Waals surface area (Å²) in [5, 5.41) is 3.22. The summed E-state index contributed by atoms with van der Waals surface area (Å²) in [4.78, 5) is 1.14. The van der Waals surface area contributed by atoms with Gasteiger partial charge in [-0.1, -0.05) is 37.5 Å². The van der Waals surface area contributed by atoms with Crippen LogP contribution in [0.3, 0.4) is 0 Å². The van der Waals surface area contributed by atoms with Gasteiger partial charge in [-0.05, 0) is 13.3 Å². The van der Waals surface area contributed by atoms with Gasteiger partial charge in [-0.25, -0.2) is 0 Å². The molecule has 0 spiro atoms. The summed E-state index contributed by atoms with van der Waals surface area (Å²) >= 11 is 6.58. The molecule has 1 N–H and O–H groups in total. The van der Waals surface area contributed by atoms with E-state index in [2.05, 4.69) is 25.7 Å². The van der Waals surface area contributed by atoms with Crippen LogP contribution in [-0.4, -0.2) is 9.86 Å². The molecule has 0 aromatic heterocycles. The first-order valence-electron chi connectivity index (χ1n) is 3.28. The molecule has 0 aliphatic carbocycles. The highest BCUT2D eigenvalue weighted by molar-refractivity contribution is 8.25. The van der Waals surface area contributed by atoms with Gasteiger partial charge in [-0.3, -0.25) is 0 Å². The van der Waals surface area contributed by atoms with E-state index in [1.54, 1.807) is 11.8 Å². The highest BCUT2D eigenvalue weighted by Crippen LogP contribution is 2.36. The number of thioether (sulfide) groups is 1. The van der Waals surface area contributed by atoms with Crippen molar-refractivity contribution in [2.75, 3.05) is 0 Å². The third-order valence-corrected chi connectivity index (χ3v) is 3.25. The lowest BCUT2D eigenvalue weighted by Gasteiger charge is -2.22. The maximum Gasteiger partial charge on any atom is 0.139 e. The molecule has 10 heavy (non-hydrogen) atoms. The summed E-state index contributed by atoms with van der Waals surface area (Å²) in [5.41, 5.74) is 0.0434.